The molecule has 8 heteroatoms. The monoisotopic (exact) mass is 518 g/mol. The average Bonchev–Trinajstić information content (AvgIpc) is 3.44. The largest absolute Gasteiger partial charge is 0.868 e. The Morgan fingerprint density at radius 3 is 2.37 bits per heavy atom. The predicted octanol–water partition coefficient (Wildman–Crippen LogP) is 2.27. The van der Waals surface area contributed by atoms with Crippen LogP contribution in [0.25, 0.3) is 0 Å². The highest BCUT2D eigenvalue weighted by Gasteiger charge is 2.40. The number of benzene rings is 2. The molecule has 1 aromatic heterocycles. The summed E-state index contributed by atoms with van der Waals surface area (Å²) in [6.45, 7) is 5.63. The van der Waals surface area contributed by atoms with Crippen molar-refractivity contribution in [1.29, 1.82) is 0 Å². The van der Waals surface area contributed by atoms with Crippen molar-refractivity contribution < 1.29 is 33.5 Å². The van der Waals surface area contributed by atoms with Gasteiger partial charge in [-0.25, -0.2) is 0 Å². The molecule has 38 heavy (non-hydrogen) atoms. The lowest BCUT2D eigenvalue weighted by Crippen LogP contribution is -3.05. The Morgan fingerprint density at radius 1 is 1.00 bits per heavy atom. The van der Waals surface area contributed by atoms with Crippen LogP contribution in [0, 0.1) is 13.8 Å². The maximum absolute atomic E-state index is 13.3. The number of nitrogens with one attached hydrogen (secondary N) is 1. The summed E-state index contributed by atoms with van der Waals surface area (Å²) >= 11 is 0. The molecule has 0 saturated heterocycles. The molecule has 1 N–H and O–H groups in total. The topological polar surface area (TPSA) is 96.5 Å². The second kappa shape index (κ2) is 12.0. The molecular weight excluding hydrogens is 484 g/mol. The van der Waals surface area contributed by atoms with E-state index in [2.05, 4.69) is 0 Å². The highest BCUT2D eigenvalue weighted by molar-refractivity contribution is 6.14. The van der Waals surface area contributed by atoms with E-state index < -0.39 is 23.5 Å². The first-order valence-electron chi connectivity index (χ1n) is 12.8. The molecule has 8 nitrogen and oxygen atoms in total. The van der Waals surface area contributed by atoms with E-state index >= 15 is 0 Å². The Balaban J connectivity index is 1.50. The molecule has 200 valence electrons. The van der Waals surface area contributed by atoms with Gasteiger partial charge in [0.1, 0.15) is 30.5 Å². The summed E-state index contributed by atoms with van der Waals surface area (Å²) < 4.78 is 17.1. The van der Waals surface area contributed by atoms with E-state index in [4.69, 9.17) is 13.9 Å². The Morgan fingerprint density at radius 2 is 1.71 bits per heavy atom. The molecule has 2 heterocycles. The number of furan rings is 1. The van der Waals surface area contributed by atoms with E-state index in [0.29, 0.717) is 43.3 Å². The number of carbonyl (C=O) groups is 2. The van der Waals surface area contributed by atoms with Crippen LogP contribution < -0.4 is 19.5 Å². The molecule has 1 amide bonds. The number of amides is 1. The normalized spacial score (nSPS) is 15.4. The van der Waals surface area contributed by atoms with Crippen molar-refractivity contribution in [2.45, 2.75) is 26.3 Å². The minimum Gasteiger partial charge on any atom is -0.868 e. The molecule has 1 aliphatic rings. The minimum absolute atomic E-state index is 0.0526. The molecular formula is C30H34N2O6. The van der Waals surface area contributed by atoms with Crippen LogP contribution in [0.4, 0.5) is 0 Å². The van der Waals surface area contributed by atoms with Crippen molar-refractivity contribution in [3.05, 3.63) is 94.6 Å². The first-order chi connectivity index (χ1) is 18.3. The van der Waals surface area contributed by atoms with Gasteiger partial charge in [0.2, 0.25) is 11.7 Å². The third-order valence-electron chi connectivity index (χ3n) is 6.47. The first kappa shape index (κ1) is 27.0. The summed E-state index contributed by atoms with van der Waals surface area (Å²) in [5, 5.41) is 13.1. The highest BCUT2D eigenvalue weighted by Crippen LogP contribution is 2.38. The third kappa shape index (κ3) is 6.08. The van der Waals surface area contributed by atoms with Crippen molar-refractivity contribution in [1.82, 2.24) is 4.90 Å². The summed E-state index contributed by atoms with van der Waals surface area (Å²) in [4.78, 5) is 29.1. The van der Waals surface area contributed by atoms with Gasteiger partial charge >= 0.3 is 0 Å². The van der Waals surface area contributed by atoms with Crippen LogP contribution in [0.2, 0.25) is 0 Å². The highest BCUT2D eigenvalue weighted by atomic mass is 16.5. The van der Waals surface area contributed by atoms with Gasteiger partial charge in [-0.05, 0) is 61.1 Å². The van der Waals surface area contributed by atoms with Crippen LogP contribution in [-0.2, 0) is 4.79 Å². The quantitative estimate of drug-likeness (QED) is 0.292. The number of aryl methyl sites for hydroxylation is 2. The summed E-state index contributed by atoms with van der Waals surface area (Å²) in [5.74, 6) is 0.0465. The molecule has 0 radical (unpaired) electrons. The predicted molar refractivity (Wildman–Crippen MR) is 140 cm³/mol. The Hall–Kier alpha value is -4.04. The van der Waals surface area contributed by atoms with Gasteiger partial charge in [-0.15, -0.1) is 0 Å². The van der Waals surface area contributed by atoms with Crippen LogP contribution >= 0.6 is 0 Å². The van der Waals surface area contributed by atoms with E-state index in [1.165, 1.54) is 15.9 Å². The number of ether oxygens (including phenoxy) is 2. The number of ketones is 1. The third-order valence-corrected chi connectivity index (χ3v) is 6.47. The van der Waals surface area contributed by atoms with Gasteiger partial charge < -0.3 is 28.8 Å². The second-order valence-corrected chi connectivity index (χ2v) is 9.73. The Labute approximate surface area is 223 Å². The van der Waals surface area contributed by atoms with Crippen LogP contribution in [0.1, 0.15) is 39.9 Å². The molecule has 2 aromatic carbocycles. The number of para-hydroxylation sites is 1. The van der Waals surface area contributed by atoms with Crippen LogP contribution in [0.15, 0.2) is 76.4 Å². The molecule has 0 bridgehead atoms. The summed E-state index contributed by atoms with van der Waals surface area (Å²) in [6.07, 6.45) is 0.696. The van der Waals surface area contributed by atoms with E-state index in [-0.39, 0.29) is 11.3 Å². The van der Waals surface area contributed by atoms with E-state index in [0.717, 1.165) is 17.9 Å². The fourth-order valence-corrected chi connectivity index (χ4v) is 4.52. The number of hydrogen-bond donors (Lipinski definition) is 1. The summed E-state index contributed by atoms with van der Waals surface area (Å²) in [6, 6.07) is 17.3. The van der Waals surface area contributed by atoms with E-state index in [9.17, 15) is 14.7 Å². The number of nitrogens with zero attached hydrogens (tertiary/aromatic N) is 1. The molecule has 1 atom stereocenters. The molecule has 1 unspecified atom stereocenters. The van der Waals surface area contributed by atoms with Gasteiger partial charge in [-0.3, -0.25) is 9.59 Å². The fourth-order valence-electron chi connectivity index (χ4n) is 4.52. The lowest BCUT2D eigenvalue weighted by atomic mass is 9.95. The Bertz CT molecular complexity index is 1310. The van der Waals surface area contributed by atoms with E-state index in [1.54, 1.807) is 37.3 Å². The number of carbonyl (C=O) groups excluding carboxylic acids is 2. The average molecular weight is 519 g/mol. The maximum atomic E-state index is 13.3. The number of quaternary nitrogens is 1. The van der Waals surface area contributed by atoms with Crippen LogP contribution in [0.5, 0.6) is 11.5 Å². The van der Waals surface area contributed by atoms with Crippen molar-refractivity contribution in [3.8, 4) is 11.5 Å². The fraction of sp³-hybridized carbons (Fsp3) is 0.333. The zero-order valence-corrected chi connectivity index (χ0v) is 22.3. The van der Waals surface area contributed by atoms with Crippen molar-refractivity contribution in [3.63, 3.8) is 0 Å². The van der Waals surface area contributed by atoms with Crippen LogP contribution in [0.3, 0.4) is 0 Å². The lowest BCUT2D eigenvalue weighted by Gasteiger charge is -2.28. The van der Waals surface area contributed by atoms with Crippen molar-refractivity contribution in [2.75, 3.05) is 40.4 Å². The Kier molecular flexibility index (Phi) is 8.53. The zero-order chi connectivity index (χ0) is 27.2. The number of rotatable bonds is 12. The van der Waals surface area contributed by atoms with Gasteiger partial charge in [0.15, 0.2) is 5.76 Å². The van der Waals surface area contributed by atoms with Crippen LogP contribution in [-0.4, -0.2) is 57.0 Å². The van der Waals surface area contributed by atoms with Gasteiger partial charge in [-0.2, -0.15) is 0 Å². The maximum Gasteiger partial charge on any atom is 0.239 e. The molecule has 4 rings (SSSR count). The lowest BCUT2D eigenvalue weighted by molar-refractivity contribution is -0.858. The molecule has 1 aliphatic heterocycles. The van der Waals surface area contributed by atoms with Crippen molar-refractivity contribution >= 4 is 11.7 Å². The van der Waals surface area contributed by atoms with E-state index in [1.807, 2.05) is 45.3 Å². The molecule has 0 aliphatic carbocycles. The molecule has 0 spiro atoms. The number of hydrogen-bond acceptors (Lipinski definition) is 6. The smallest absolute Gasteiger partial charge is 0.239 e. The van der Waals surface area contributed by atoms with Gasteiger partial charge in [-0.1, -0.05) is 30.3 Å². The standard InChI is InChI=1S/C30H34N2O6/c1-20-8-5-6-9-24(20)37-19-18-36-23-13-11-22(12-14-23)27-26(28(33)25-15-10-21(2)38-25)29(34)30(35)32(27)17-7-16-31(3)4/h5-6,8-15,27,34H,7,16-19H2,1-4H3. The summed E-state index contributed by atoms with van der Waals surface area (Å²) in [7, 11) is 4.05. The van der Waals surface area contributed by atoms with Crippen molar-refractivity contribution in [2.24, 2.45) is 0 Å². The first-order valence-corrected chi connectivity index (χ1v) is 12.8. The van der Waals surface area contributed by atoms with Gasteiger partial charge in [0, 0.05) is 18.5 Å². The summed E-state index contributed by atoms with van der Waals surface area (Å²) in [5.41, 5.74) is 1.64. The second-order valence-electron chi connectivity index (χ2n) is 9.73. The molecule has 3 aromatic rings. The number of Topliss-reactive ketones (excluding diaryl/α,β-unsaturated/α-hetero) is 1. The van der Waals surface area contributed by atoms with Gasteiger partial charge in [0.05, 0.1) is 26.7 Å². The SMILES string of the molecule is Cc1ccc(C(=O)C2=C([O-])C(=O)N(CCC[NH+](C)C)C2c2ccc(OCCOc3ccccc3C)cc2)o1. The van der Waals surface area contributed by atoms with Gasteiger partial charge in [0.25, 0.3) is 0 Å². The molecule has 0 saturated carbocycles. The zero-order valence-electron chi connectivity index (χ0n) is 22.3. The molecule has 0 fully saturated rings. The minimum atomic E-state index is -0.788.